The summed E-state index contributed by atoms with van der Waals surface area (Å²) in [4.78, 5) is 3.99. The number of hydrogen-bond acceptors (Lipinski definition) is 3. The predicted octanol–water partition coefficient (Wildman–Crippen LogP) is 2.26. The highest BCUT2D eigenvalue weighted by Gasteiger charge is 2.03. The molecule has 0 spiro atoms. The molecule has 78 valence electrons. The predicted molar refractivity (Wildman–Crippen MR) is 55.5 cm³/mol. The van der Waals surface area contributed by atoms with Crippen molar-refractivity contribution >= 4 is 11.6 Å². The van der Waals surface area contributed by atoms with Gasteiger partial charge in [0.05, 0.1) is 18.2 Å². The molecule has 0 atom stereocenters. The Bertz CT molecular complexity index is 302. The van der Waals surface area contributed by atoms with Crippen LogP contribution in [0.4, 0.5) is 0 Å². The van der Waals surface area contributed by atoms with E-state index in [9.17, 15) is 0 Å². The fourth-order valence-electron chi connectivity index (χ4n) is 0.911. The van der Waals surface area contributed by atoms with Gasteiger partial charge in [-0.2, -0.15) is 0 Å². The molecule has 14 heavy (non-hydrogen) atoms. The molecule has 0 bridgehead atoms. The smallest absolute Gasteiger partial charge is 0.213 e. The molecule has 0 aliphatic rings. The van der Waals surface area contributed by atoms with Crippen molar-refractivity contribution in [2.45, 2.75) is 20.5 Å². The lowest BCUT2D eigenvalue weighted by Gasteiger charge is -2.08. The van der Waals surface area contributed by atoms with Crippen LogP contribution in [0.3, 0.4) is 0 Å². The highest BCUT2D eigenvalue weighted by molar-refractivity contribution is 6.31. The number of hydrogen-bond donors (Lipinski definition) is 1. The van der Waals surface area contributed by atoms with Gasteiger partial charge in [-0.3, -0.25) is 0 Å². The van der Waals surface area contributed by atoms with E-state index in [1.165, 1.54) is 6.20 Å². The number of pyridine rings is 1. The monoisotopic (exact) mass is 215 g/mol. The maximum absolute atomic E-state index is 8.95. The maximum Gasteiger partial charge on any atom is 0.213 e. The summed E-state index contributed by atoms with van der Waals surface area (Å²) in [7, 11) is 0. The normalized spacial score (nSPS) is 10.6. The number of aliphatic hydroxyl groups is 1. The number of nitrogens with zero attached hydrogens (tertiary/aromatic N) is 1. The minimum absolute atomic E-state index is 0.0978. The second-order valence-corrected chi connectivity index (χ2v) is 3.88. The van der Waals surface area contributed by atoms with E-state index in [-0.39, 0.29) is 6.61 Å². The van der Waals surface area contributed by atoms with Crippen LogP contribution < -0.4 is 4.74 Å². The zero-order chi connectivity index (χ0) is 10.6. The number of aliphatic hydroxyl groups excluding tert-OH is 1. The highest BCUT2D eigenvalue weighted by atomic mass is 35.5. The van der Waals surface area contributed by atoms with E-state index in [4.69, 9.17) is 21.4 Å². The summed E-state index contributed by atoms with van der Waals surface area (Å²) in [6.45, 7) is 4.63. The van der Waals surface area contributed by atoms with Crippen LogP contribution in [0.15, 0.2) is 12.3 Å². The fourth-order valence-corrected chi connectivity index (χ4v) is 1.07. The average Bonchev–Trinajstić information content (AvgIpc) is 2.16. The van der Waals surface area contributed by atoms with Gasteiger partial charge in [-0.05, 0) is 5.92 Å². The topological polar surface area (TPSA) is 42.4 Å². The van der Waals surface area contributed by atoms with E-state index in [1.807, 2.05) is 0 Å². The Morgan fingerprint density at radius 2 is 2.29 bits per heavy atom. The zero-order valence-corrected chi connectivity index (χ0v) is 9.08. The Morgan fingerprint density at radius 1 is 1.57 bits per heavy atom. The van der Waals surface area contributed by atoms with Crippen LogP contribution in [-0.2, 0) is 6.61 Å². The Hall–Kier alpha value is -0.800. The molecule has 0 aliphatic carbocycles. The molecule has 0 aliphatic heterocycles. The van der Waals surface area contributed by atoms with Crippen LogP contribution >= 0.6 is 11.6 Å². The van der Waals surface area contributed by atoms with E-state index in [1.54, 1.807) is 6.07 Å². The Kier molecular flexibility index (Phi) is 4.17. The molecule has 1 heterocycles. The van der Waals surface area contributed by atoms with Gasteiger partial charge in [-0.15, -0.1) is 0 Å². The molecule has 0 unspecified atom stereocenters. The fraction of sp³-hybridized carbons (Fsp3) is 0.500. The summed E-state index contributed by atoms with van der Waals surface area (Å²) >= 11 is 5.78. The molecule has 0 saturated carbocycles. The molecule has 1 aromatic rings. The van der Waals surface area contributed by atoms with Gasteiger partial charge < -0.3 is 9.84 Å². The van der Waals surface area contributed by atoms with Crippen molar-refractivity contribution in [3.63, 3.8) is 0 Å². The Morgan fingerprint density at radius 3 is 2.86 bits per heavy atom. The van der Waals surface area contributed by atoms with Crippen molar-refractivity contribution in [3.8, 4) is 5.88 Å². The molecular formula is C10H14ClNO2. The first-order valence-corrected chi connectivity index (χ1v) is 4.89. The van der Waals surface area contributed by atoms with E-state index < -0.39 is 0 Å². The summed E-state index contributed by atoms with van der Waals surface area (Å²) in [6.07, 6.45) is 1.49. The average molecular weight is 216 g/mol. The molecule has 0 amide bonds. The summed E-state index contributed by atoms with van der Waals surface area (Å²) in [5.41, 5.74) is 0.639. The third kappa shape index (κ3) is 3.16. The molecule has 3 nitrogen and oxygen atoms in total. The van der Waals surface area contributed by atoms with E-state index in [2.05, 4.69) is 18.8 Å². The van der Waals surface area contributed by atoms with Gasteiger partial charge in [-0.25, -0.2) is 4.98 Å². The Labute approximate surface area is 88.7 Å². The lowest BCUT2D eigenvalue weighted by molar-refractivity contribution is 0.257. The maximum atomic E-state index is 8.95. The van der Waals surface area contributed by atoms with Gasteiger partial charge in [0.15, 0.2) is 0 Å². The van der Waals surface area contributed by atoms with Crippen LogP contribution in [0.2, 0.25) is 5.02 Å². The van der Waals surface area contributed by atoms with Crippen LogP contribution in [0.1, 0.15) is 19.4 Å². The first kappa shape index (κ1) is 11.3. The molecule has 1 N–H and O–H groups in total. The quantitative estimate of drug-likeness (QED) is 0.838. The van der Waals surface area contributed by atoms with Gasteiger partial charge in [0.2, 0.25) is 5.88 Å². The Balaban J connectivity index is 2.69. The third-order valence-corrected chi connectivity index (χ3v) is 1.98. The van der Waals surface area contributed by atoms with Gasteiger partial charge in [0.1, 0.15) is 0 Å². The third-order valence-electron chi connectivity index (χ3n) is 1.64. The van der Waals surface area contributed by atoms with Crippen molar-refractivity contribution in [1.29, 1.82) is 0 Å². The van der Waals surface area contributed by atoms with Crippen molar-refractivity contribution in [3.05, 3.63) is 22.8 Å². The number of ether oxygens (including phenoxy) is 1. The van der Waals surface area contributed by atoms with Gasteiger partial charge in [0, 0.05) is 17.8 Å². The van der Waals surface area contributed by atoms with E-state index >= 15 is 0 Å². The lowest BCUT2D eigenvalue weighted by atomic mass is 10.2. The number of rotatable bonds is 4. The standard InChI is InChI=1S/C10H14ClNO2/c1-7(2)6-14-10-3-8(5-13)9(11)4-12-10/h3-4,7,13H,5-6H2,1-2H3. The molecule has 0 radical (unpaired) electrons. The minimum Gasteiger partial charge on any atom is -0.477 e. The van der Waals surface area contributed by atoms with Crippen LogP contribution in [0.25, 0.3) is 0 Å². The molecule has 1 aromatic heterocycles. The first-order chi connectivity index (χ1) is 6.63. The lowest BCUT2D eigenvalue weighted by Crippen LogP contribution is -2.06. The molecule has 1 rings (SSSR count). The summed E-state index contributed by atoms with van der Waals surface area (Å²) in [5, 5.41) is 9.41. The van der Waals surface area contributed by atoms with Crippen LogP contribution in [0, 0.1) is 5.92 Å². The van der Waals surface area contributed by atoms with Gasteiger partial charge in [-0.1, -0.05) is 25.4 Å². The molecule has 0 saturated heterocycles. The second kappa shape index (κ2) is 5.17. The largest absolute Gasteiger partial charge is 0.477 e. The summed E-state index contributed by atoms with van der Waals surface area (Å²) in [6, 6.07) is 1.66. The molecule has 4 heteroatoms. The van der Waals surface area contributed by atoms with Crippen LogP contribution in [-0.4, -0.2) is 16.7 Å². The van der Waals surface area contributed by atoms with Crippen LogP contribution in [0.5, 0.6) is 5.88 Å². The number of aromatic nitrogens is 1. The summed E-state index contributed by atoms with van der Waals surface area (Å²) < 4.78 is 5.38. The molecular weight excluding hydrogens is 202 g/mol. The zero-order valence-electron chi connectivity index (χ0n) is 8.33. The SMILES string of the molecule is CC(C)COc1cc(CO)c(Cl)cn1. The second-order valence-electron chi connectivity index (χ2n) is 3.48. The number of halogens is 1. The molecule has 0 fully saturated rings. The van der Waals surface area contributed by atoms with Crippen molar-refractivity contribution in [2.75, 3.05) is 6.61 Å². The summed E-state index contributed by atoms with van der Waals surface area (Å²) in [5.74, 6) is 0.956. The van der Waals surface area contributed by atoms with Gasteiger partial charge >= 0.3 is 0 Å². The van der Waals surface area contributed by atoms with Crippen molar-refractivity contribution in [2.24, 2.45) is 5.92 Å². The first-order valence-electron chi connectivity index (χ1n) is 4.51. The van der Waals surface area contributed by atoms with Crippen molar-refractivity contribution < 1.29 is 9.84 Å². The minimum atomic E-state index is -0.0978. The highest BCUT2D eigenvalue weighted by Crippen LogP contribution is 2.19. The van der Waals surface area contributed by atoms with Crippen molar-refractivity contribution in [1.82, 2.24) is 4.98 Å². The van der Waals surface area contributed by atoms with E-state index in [0.717, 1.165) is 0 Å². The van der Waals surface area contributed by atoms with E-state index in [0.29, 0.717) is 29.0 Å². The van der Waals surface area contributed by atoms with Gasteiger partial charge in [0.25, 0.3) is 0 Å². The molecule has 0 aromatic carbocycles.